The zero-order valence-corrected chi connectivity index (χ0v) is 36.3. The summed E-state index contributed by atoms with van der Waals surface area (Å²) in [5, 5.41) is 4.99. The predicted octanol–water partition coefficient (Wildman–Crippen LogP) is 17.7. The molecule has 12 rings (SSSR count). The van der Waals surface area contributed by atoms with E-state index in [1.54, 1.807) is 0 Å². The van der Waals surface area contributed by atoms with Gasteiger partial charge in [0, 0.05) is 33.5 Å². The second-order valence-electron chi connectivity index (χ2n) is 16.9. The van der Waals surface area contributed by atoms with Crippen molar-refractivity contribution in [3.8, 4) is 61.3 Å². The van der Waals surface area contributed by atoms with E-state index in [2.05, 4.69) is 276 Å². The van der Waals surface area contributed by atoms with Crippen molar-refractivity contribution in [2.45, 2.75) is 0 Å². The van der Waals surface area contributed by atoms with Gasteiger partial charge in [-0.25, -0.2) is 0 Å². The number of rotatable bonds is 9. The van der Waals surface area contributed by atoms with Crippen LogP contribution in [-0.4, -0.2) is 4.57 Å². The maximum absolute atomic E-state index is 2.43. The van der Waals surface area contributed by atoms with E-state index in [9.17, 15) is 0 Å². The fourth-order valence-electron chi connectivity index (χ4n) is 9.83. The van der Waals surface area contributed by atoms with Gasteiger partial charge in [0.15, 0.2) is 0 Å². The first-order valence-electron chi connectivity index (χ1n) is 22.7. The molecule has 0 atom stereocenters. The smallest absolute Gasteiger partial charge is 0.0547 e. The van der Waals surface area contributed by atoms with Gasteiger partial charge in [-0.2, -0.15) is 0 Å². The van der Waals surface area contributed by atoms with Gasteiger partial charge in [-0.1, -0.05) is 194 Å². The quantitative estimate of drug-likeness (QED) is 0.141. The summed E-state index contributed by atoms with van der Waals surface area (Å²) in [5.74, 6) is 0. The maximum Gasteiger partial charge on any atom is 0.0547 e. The molecular weight excluding hydrogens is 797 g/mol. The molecule has 0 saturated carbocycles. The second kappa shape index (κ2) is 16.8. The Morgan fingerprint density at radius 2 is 0.742 bits per heavy atom. The molecule has 0 bridgehead atoms. The molecule has 1 aromatic heterocycles. The largest absolute Gasteiger partial charge is 0.310 e. The molecule has 0 fully saturated rings. The van der Waals surface area contributed by atoms with E-state index in [4.69, 9.17) is 0 Å². The molecule has 2 nitrogen and oxygen atoms in total. The molecule has 0 aliphatic rings. The molecule has 0 saturated heterocycles. The van der Waals surface area contributed by atoms with E-state index >= 15 is 0 Å². The standard InChI is InChI=1S/C64H44N2/c1-5-18-45(19-6-1)50-25-15-26-51(40-50)48-34-37-56(38-35-48)65(58-43-53(46-20-7-2-8-21-46)41-54(44-58)47-22-9-3-10-23-47)57-30-16-27-52(42-57)60-32-17-33-61-64(60)63-59-31-14-13-24-49(59)36-39-62(63)66(61)55-28-11-4-12-29-55/h1-44H. The van der Waals surface area contributed by atoms with Gasteiger partial charge >= 0.3 is 0 Å². The average molecular weight is 841 g/mol. The predicted molar refractivity (Wildman–Crippen MR) is 280 cm³/mol. The minimum Gasteiger partial charge on any atom is -0.310 e. The van der Waals surface area contributed by atoms with Crippen LogP contribution in [0.15, 0.2) is 267 Å². The highest BCUT2D eigenvalue weighted by molar-refractivity contribution is 6.25. The minimum atomic E-state index is 1.07. The van der Waals surface area contributed by atoms with Crippen LogP contribution in [0.1, 0.15) is 0 Å². The molecule has 2 heteroatoms. The summed E-state index contributed by atoms with van der Waals surface area (Å²) in [6.07, 6.45) is 0. The van der Waals surface area contributed by atoms with E-state index in [1.807, 2.05) is 0 Å². The Kier molecular flexibility index (Phi) is 9.89. The van der Waals surface area contributed by atoms with Crippen molar-refractivity contribution >= 4 is 49.6 Å². The van der Waals surface area contributed by atoms with Crippen LogP contribution in [0.25, 0.3) is 93.9 Å². The van der Waals surface area contributed by atoms with Crippen molar-refractivity contribution in [1.82, 2.24) is 4.57 Å². The van der Waals surface area contributed by atoms with Gasteiger partial charge in [0.05, 0.1) is 11.0 Å². The lowest BCUT2D eigenvalue weighted by atomic mass is 9.95. The molecule has 0 radical (unpaired) electrons. The zero-order valence-electron chi connectivity index (χ0n) is 36.3. The number of aromatic nitrogens is 1. The molecule has 66 heavy (non-hydrogen) atoms. The van der Waals surface area contributed by atoms with E-state index in [1.165, 1.54) is 71.5 Å². The van der Waals surface area contributed by atoms with Crippen LogP contribution in [0.5, 0.6) is 0 Å². The number of anilines is 3. The Balaban J connectivity index is 1.06. The van der Waals surface area contributed by atoms with Crippen LogP contribution in [-0.2, 0) is 0 Å². The summed E-state index contributed by atoms with van der Waals surface area (Å²) in [6, 6.07) is 97.0. The van der Waals surface area contributed by atoms with Crippen LogP contribution in [0.2, 0.25) is 0 Å². The van der Waals surface area contributed by atoms with Crippen molar-refractivity contribution < 1.29 is 0 Å². The number of nitrogens with zero attached hydrogens (tertiary/aromatic N) is 2. The lowest BCUT2D eigenvalue weighted by molar-refractivity contribution is 1.18. The highest BCUT2D eigenvalue weighted by Gasteiger charge is 2.21. The van der Waals surface area contributed by atoms with Crippen molar-refractivity contribution in [3.05, 3.63) is 267 Å². The Morgan fingerprint density at radius 3 is 1.41 bits per heavy atom. The third-order valence-corrected chi connectivity index (χ3v) is 12.9. The molecule has 0 aliphatic carbocycles. The van der Waals surface area contributed by atoms with Crippen molar-refractivity contribution in [2.75, 3.05) is 4.90 Å². The van der Waals surface area contributed by atoms with Gasteiger partial charge in [-0.3, -0.25) is 0 Å². The Hall–Kier alpha value is -8.72. The third kappa shape index (κ3) is 7.12. The molecule has 0 amide bonds. The van der Waals surface area contributed by atoms with Crippen LogP contribution in [0.3, 0.4) is 0 Å². The van der Waals surface area contributed by atoms with Gasteiger partial charge in [-0.05, 0) is 139 Å². The van der Waals surface area contributed by atoms with Gasteiger partial charge in [0.2, 0.25) is 0 Å². The minimum absolute atomic E-state index is 1.07. The number of para-hydroxylation sites is 1. The molecule has 0 N–H and O–H groups in total. The van der Waals surface area contributed by atoms with Crippen molar-refractivity contribution in [3.63, 3.8) is 0 Å². The molecule has 0 aliphatic heterocycles. The molecule has 11 aromatic carbocycles. The SMILES string of the molecule is c1ccc(-c2cccc(-c3ccc(N(c4cc(-c5ccccc5)cc(-c5ccccc5)c4)c4cccc(-c5cccc6c5c5c7ccccc7ccc5n6-c5ccccc5)c4)cc3)c2)cc1. The van der Waals surface area contributed by atoms with E-state index in [0.29, 0.717) is 0 Å². The monoisotopic (exact) mass is 840 g/mol. The van der Waals surface area contributed by atoms with Crippen molar-refractivity contribution in [2.24, 2.45) is 0 Å². The van der Waals surface area contributed by atoms with Crippen LogP contribution >= 0.6 is 0 Å². The van der Waals surface area contributed by atoms with Crippen molar-refractivity contribution in [1.29, 1.82) is 0 Å². The van der Waals surface area contributed by atoms with E-state index in [0.717, 1.165) is 39.4 Å². The van der Waals surface area contributed by atoms with Gasteiger partial charge < -0.3 is 9.47 Å². The lowest BCUT2D eigenvalue weighted by Gasteiger charge is -2.27. The highest BCUT2D eigenvalue weighted by Crippen LogP contribution is 2.45. The van der Waals surface area contributed by atoms with Gasteiger partial charge in [0.1, 0.15) is 0 Å². The number of hydrogen-bond donors (Lipinski definition) is 0. The van der Waals surface area contributed by atoms with Crippen LogP contribution in [0.4, 0.5) is 17.1 Å². The van der Waals surface area contributed by atoms with Crippen LogP contribution < -0.4 is 4.90 Å². The first kappa shape index (κ1) is 38.9. The Labute approximate surface area is 385 Å². The van der Waals surface area contributed by atoms with Crippen LogP contribution in [0, 0.1) is 0 Å². The summed E-state index contributed by atoms with van der Waals surface area (Å²) in [4.78, 5) is 2.43. The highest BCUT2D eigenvalue weighted by atomic mass is 15.1. The Morgan fingerprint density at radius 1 is 0.258 bits per heavy atom. The summed E-state index contributed by atoms with van der Waals surface area (Å²) in [7, 11) is 0. The van der Waals surface area contributed by atoms with E-state index < -0.39 is 0 Å². The summed E-state index contributed by atoms with van der Waals surface area (Å²) >= 11 is 0. The topological polar surface area (TPSA) is 8.17 Å². The molecule has 310 valence electrons. The molecule has 1 heterocycles. The Bertz CT molecular complexity index is 3610. The fraction of sp³-hybridized carbons (Fsp3) is 0. The lowest BCUT2D eigenvalue weighted by Crippen LogP contribution is -2.10. The third-order valence-electron chi connectivity index (χ3n) is 12.9. The van der Waals surface area contributed by atoms with Gasteiger partial charge in [0.25, 0.3) is 0 Å². The van der Waals surface area contributed by atoms with Gasteiger partial charge in [-0.15, -0.1) is 0 Å². The number of fused-ring (bicyclic) bond motifs is 5. The summed E-state index contributed by atoms with van der Waals surface area (Å²) in [6.45, 7) is 0. The second-order valence-corrected chi connectivity index (χ2v) is 16.9. The number of hydrogen-bond acceptors (Lipinski definition) is 1. The first-order valence-corrected chi connectivity index (χ1v) is 22.7. The zero-order chi connectivity index (χ0) is 43.8. The molecule has 12 aromatic rings. The number of benzene rings is 11. The average Bonchev–Trinajstić information content (AvgIpc) is 3.75. The first-order chi connectivity index (χ1) is 32.7. The molecular formula is C64H44N2. The maximum atomic E-state index is 2.43. The molecule has 0 spiro atoms. The molecule has 0 unspecified atom stereocenters. The fourth-order valence-corrected chi connectivity index (χ4v) is 9.83. The summed E-state index contributed by atoms with van der Waals surface area (Å²) in [5.41, 5.74) is 18.5. The summed E-state index contributed by atoms with van der Waals surface area (Å²) < 4.78 is 2.42. The normalized spacial score (nSPS) is 11.3. The van der Waals surface area contributed by atoms with E-state index in [-0.39, 0.29) is 0 Å².